The van der Waals surface area contributed by atoms with Crippen LogP contribution in [0.5, 0.6) is 5.75 Å². The Morgan fingerprint density at radius 1 is 1.25 bits per heavy atom. The first-order valence-electron chi connectivity index (χ1n) is 10.2. The second-order valence-electron chi connectivity index (χ2n) is 7.62. The van der Waals surface area contributed by atoms with Crippen molar-refractivity contribution in [1.29, 1.82) is 0 Å². The van der Waals surface area contributed by atoms with Gasteiger partial charge in [0.2, 0.25) is 0 Å². The molecule has 0 aliphatic carbocycles. The van der Waals surface area contributed by atoms with Crippen LogP contribution in [0.2, 0.25) is 0 Å². The number of nitrogens with one attached hydrogen (secondary N) is 2. The molecule has 2 heterocycles. The van der Waals surface area contributed by atoms with E-state index in [0.717, 1.165) is 16.7 Å². The van der Waals surface area contributed by atoms with E-state index in [-0.39, 0.29) is 17.8 Å². The van der Waals surface area contributed by atoms with Gasteiger partial charge in [0.15, 0.2) is 6.04 Å². The lowest BCUT2D eigenvalue weighted by molar-refractivity contribution is -0.173. The summed E-state index contributed by atoms with van der Waals surface area (Å²) in [6.45, 7) is 2.02. The molecule has 1 aliphatic heterocycles. The third-order valence-corrected chi connectivity index (χ3v) is 5.60. The number of nitrogens with zero attached hydrogens (tertiary/aromatic N) is 2. The lowest BCUT2D eigenvalue weighted by Gasteiger charge is -2.34. The van der Waals surface area contributed by atoms with Crippen molar-refractivity contribution in [3.05, 3.63) is 71.4 Å². The summed E-state index contributed by atoms with van der Waals surface area (Å²) in [7, 11) is 1.50. The summed E-state index contributed by atoms with van der Waals surface area (Å²) in [4.78, 5) is 12.9. The summed E-state index contributed by atoms with van der Waals surface area (Å²) in [5, 5.41) is 9.73. The van der Waals surface area contributed by atoms with Crippen LogP contribution in [0.25, 0.3) is 0 Å². The highest BCUT2D eigenvalue weighted by Gasteiger charge is 2.47. The Morgan fingerprint density at radius 3 is 2.66 bits per heavy atom. The number of aromatic nitrogens is 2. The fourth-order valence-electron chi connectivity index (χ4n) is 3.83. The third kappa shape index (κ3) is 4.28. The van der Waals surface area contributed by atoms with Gasteiger partial charge in [-0.15, -0.1) is 0 Å². The maximum absolute atomic E-state index is 13.9. The molecule has 2 aromatic carbocycles. The molecular weight excluding hydrogens is 421 g/mol. The van der Waals surface area contributed by atoms with Gasteiger partial charge >= 0.3 is 6.18 Å². The summed E-state index contributed by atoms with van der Waals surface area (Å²) in [6.07, 6.45) is -2.75. The van der Waals surface area contributed by atoms with Gasteiger partial charge in [-0.1, -0.05) is 31.2 Å². The number of amides is 1. The van der Waals surface area contributed by atoms with Gasteiger partial charge in [0.1, 0.15) is 17.1 Å². The molecule has 1 aliphatic rings. The van der Waals surface area contributed by atoms with Gasteiger partial charge < -0.3 is 15.4 Å². The molecule has 0 bridgehead atoms. The second-order valence-corrected chi connectivity index (χ2v) is 7.62. The normalized spacial score (nSPS) is 17.9. The number of methoxy groups -OCH3 is 1. The van der Waals surface area contributed by atoms with Crippen LogP contribution in [0.4, 0.5) is 24.7 Å². The zero-order chi connectivity index (χ0) is 22.9. The Balaban J connectivity index is 1.66. The summed E-state index contributed by atoms with van der Waals surface area (Å²) in [5.74, 6) is 0.0460. The molecule has 9 heteroatoms. The van der Waals surface area contributed by atoms with E-state index in [2.05, 4.69) is 15.7 Å². The minimum atomic E-state index is -4.52. The van der Waals surface area contributed by atoms with Crippen molar-refractivity contribution in [1.82, 2.24) is 9.78 Å². The van der Waals surface area contributed by atoms with Crippen LogP contribution in [-0.2, 0) is 6.42 Å². The van der Waals surface area contributed by atoms with Crippen molar-refractivity contribution in [2.75, 3.05) is 17.7 Å². The minimum Gasteiger partial charge on any atom is -0.497 e. The van der Waals surface area contributed by atoms with Gasteiger partial charge in [-0.05, 0) is 41.8 Å². The summed E-state index contributed by atoms with van der Waals surface area (Å²) < 4.78 is 47.7. The van der Waals surface area contributed by atoms with Gasteiger partial charge in [0.05, 0.1) is 19.3 Å². The van der Waals surface area contributed by atoms with Gasteiger partial charge in [-0.25, -0.2) is 4.68 Å². The van der Waals surface area contributed by atoms with Crippen molar-refractivity contribution >= 4 is 17.4 Å². The summed E-state index contributed by atoms with van der Waals surface area (Å²) >= 11 is 0. The molecule has 4 rings (SSSR count). The third-order valence-electron chi connectivity index (χ3n) is 5.60. The predicted molar refractivity (Wildman–Crippen MR) is 115 cm³/mol. The molecule has 1 aromatic heterocycles. The zero-order valence-corrected chi connectivity index (χ0v) is 17.6. The number of halogens is 3. The number of carbonyl (C=O) groups excluding carboxylic acids is 1. The molecule has 2 N–H and O–H groups in total. The molecule has 0 fully saturated rings. The topological polar surface area (TPSA) is 68.2 Å². The van der Waals surface area contributed by atoms with Crippen LogP contribution in [0.1, 0.15) is 46.9 Å². The molecular formula is C23H23F3N4O2. The molecule has 0 saturated carbocycles. The Kier molecular flexibility index (Phi) is 5.82. The van der Waals surface area contributed by atoms with Gasteiger partial charge in [-0.3, -0.25) is 4.79 Å². The minimum absolute atomic E-state index is 0.0362. The molecule has 32 heavy (non-hydrogen) atoms. The highest BCUT2D eigenvalue weighted by molar-refractivity contribution is 6.07. The first-order valence-corrected chi connectivity index (χ1v) is 10.2. The predicted octanol–water partition coefficient (Wildman–Crippen LogP) is 5.37. The molecule has 0 spiro atoms. The van der Waals surface area contributed by atoms with Crippen molar-refractivity contribution in [2.45, 2.75) is 38.0 Å². The van der Waals surface area contributed by atoms with Crippen LogP contribution in [-0.4, -0.2) is 29.0 Å². The number of anilines is 2. The van der Waals surface area contributed by atoms with Crippen molar-refractivity contribution < 1.29 is 22.7 Å². The van der Waals surface area contributed by atoms with Crippen molar-refractivity contribution in [3.63, 3.8) is 0 Å². The van der Waals surface area contributed by atoms with E-state index >= 15 is 0 Å². The molecule has 0 saturated heterocycles. The monoisotopic (exact) mass is 444 g/mol. The standard InChI is InChI=1S/C23H23F3N4O2/c1-3-14-7-9-16(10-8-14)28-22(31)18-13-27-30-20(23(24,25)26)12-19(29-21(18)30)15-5-4-6-17(11-15)32-2/h4-11,13,19-20,29H,3,12H2,1-2H3,(H,28,31)/t19-,20-/m1/s1. The first kappa shape index (κ1) is 21.7. The van der Waals surface area contributed by atoms with Crippen LogP contribution < -0.4 is 15.4 Å². The highest BCUT2D eigenvalue weighted by atomic mass is 19.4. The van der Waals surface area contributed by atoms with Crippen molar-refractivity contribution in [2.24, 2.45) is 0 Å². The molecule has 2 atom stereocenters. The van der Waals surface area contributed by atoms with Gasteiger partial charge in [-0.2, -0.15) is 18.3 Å². The Hall–Kier alpha value is -3.49. The van der Waals surface area contributed by atoms with E-state index in [0.29, 0.717) is 17.0 Å². The molecule has 168 valence electrons. The van der Waals surface area contributed by atoms with Crippen molar-refractivity contribution in [3.8, 4) is 5.75 Å². The zero-order valence-electron chi connectivity index (χ0n) is 17.6. The smallest absolute Gasteiger partial charge is 0.410 e. The number of benzene rings is 2. The van der Waals surface area contributed by atoms with Crippen LogP contribution >= 0.6 is 0 Å². The molecule has 1 amide bonds. The number of aryl methyl sites for hydroxylation is 1. The number of hydrogen-bond acceptors (Lipinski definition) is 4. The molecule has 3 aromatic rings. The number of hydrogen-bond donors (Lipinski definition) is 2. The number of fused-ring (bicyclic) bond motifs is 1. The maximum Gasteiger partial charge on any atom is 0.410 e. The van der Waals surface area contributed by atoms with Crippen LogP contribution in [0.3, 0.4) is 0 Å². The SMILES string of the molecule is CCc1ccc(NC(=O)c2cnn3c2N[C@@H](c2cccc(OC)c2)C[C@@H]3C(F)(F)F)cc1. The average Bonchev–Trinajstić information content (AvgIpc) is 3.22. The lowest BCUT2D eigenvalue weighted by atomic mass is 9.96. The fourth-order valence-corrected chi connectivity index (χ4v) is 3.83. The van der Waals surface area contributed by atoms with E-state index in [1.165, 1.54) is 13.3 Å². The molecule has 0 radical (unpaired) electrons. The highest BCUT2D eigenvalue weighted by Crippen LogP contribution is 2.44. The molecule has 0 unspecified atom stereocenters. The number of ether oxygens (including phenoxy) is 1. The Morgan fingerprint density at radius 2 is 2.00 bits per heavy atom. The van der Waals surface area contributed by atoms with E-state index < -0.39 is 24.2 Å². The average molecular weight is 444 g/mol. The van der Waals surface area contributed by atoms with E-state index in [4.69, 9.17) is 4.74 Å². The van der Waals surface area contributed by atoms with E-state index in [9.17, 15) is 18.0 Å². The number of rotatable bonds is 5. The first-order chi connectivity index (χ1) is 15.3. The quantitative estimate of drug-likeness (QED) is 0.556. The van der Waals surface area contributed by atoms with E-state index in [1.807, 2.05) is 19.1 Å². The van der Waals surface area contributed by atoms with Gasteiger partial charge in [0, 0.05) is 12.1 Å². The maximum atomic E-state index is 13.9. The van der Waals surface area contributed by atoms with Gasteiger partial charge in [0.25, 0.3) is 5.91 Å². The fraction of sp³-hybridized carbons (Fsp3) is 0.304. The Labute approximate surface area is 183 Å². The summed E-state index contributed by atoms with van der Waals surface area (Å²) in [5.41, 5.74) is 2.35. The molecule has 6 nitrogen and oxygen atoms in total. The lowest BCUT2D eigenvalue weighted by Crippen LogP contribution is -2.36. The van der Waals surface area contributed by atoms with E-state index in [1.54, 1.807) is 36.4 Å². The second kappa shape index (κ2) is 8.57. The van der Waals surface area contributed by atoms with Crippen LogP contribution in [0, 0.1) is 0 Å². The number of alkyl halides is 3. The number of carbonyl (C=O) groups is 1. The summed E-state index contributed by atoms with van der Waals surface area (Å²) in [6, 6.07) is 11.6. The largest absolute Gasteiger partial charge is 0.497 e. The van der Waals surface area contributed by atoms with Crippen LogP contribution in [0.15, 0.2) is 54.7 Å². The Bertz CT molecular complexity index is 1110.